The Bertz CT molecular complexity index is 701. The molecule has 0 spiro atoms. The summed E-state index contributed by atoms with van der Waals surface area (Å²) < 4.78 is 2.16. The molecule has 1 unspecified atom stereocenters. The second-order valence-electron chi connectivity index (χ2n) is 5.52. The molecule has 0 bridgehead atoms. The highest BCUT2D eigenvalue weighted by atomic mass is 16.2. The topological polar surface area (TPSA) is 38.1 Å². The smallest absolute Gasteiger partial charge is 0.232 e. The zero-order chi connectivity index (χ0) is 13.5. The Hall–Kier alpha value is -2.10. The van der Waals surface area contributed by atoms with Crippen LogP contribution < -0.4 is 4.90 Å². The van der Waals surface area contributed by atoms with Gasteiger partial charge in [0.2, 0.25) is 11.9 Å². The molecule has 4 rings (SSSR count). The van der Waals surface area contributed by atoms with E-state index in [1.807, 2.05) is 23.1 Å². The van der Waals surface area contributed by atoms with E-state index < -0.39 is 0 Å². The van der Waals surface area contributed by atoms with Crippen LogP contribution in [0.25, 0.3) is 11.0 Å². The number of imidazole rings is 1. The van der Waals surface area contributed by atoms with Crippen molar-refractivity contribution >= 4 is 22.9 Å². The molecule has 0 saturated carbocycles. The van der Waals surface area contributed by atoms with E-state index in [2.05, 4.69) is 27.8 Å². The van der Waals surface area contributed by atoms with E-state index in [4.69, 9.17) is 0 Å². The Morgan fingerprint density at radius 3 is 2.95 bits per heavy atom. The van der Waals surface area contributed by atoms with E-state index in [1.54, 1.807) is 0 Å². The minimum Gasteiger partial charge on any atom is -0.308 e. The predicted octanol–water partition coefficient (Wildman–Crippen LogP) is 2.74. The average molecular weight is 267 g/mol. The van der Waals surface area contributed by atoms with Gasteiger partial charge in [0.05, 0.1) is 11.0 Å². The van der Waals surface area contributed by atoms with Crippen LogP contribution in [0.5, 0.6) is 0 Å². The molecule has 0 radical (unpaired) electrons. The molecule has 1 amide bonds. The van der Waals surface area contributed by atoms with E-state index in [-0.39, 0.29) is 11.8 Å². The summed E-state index contributed by atoms with van der Waals surface area (Å²) >= 11 is 0. The SMILES string of the molecule is O=C(C1CC=CCC1)N1CCn2c1nc1ccccc12. The lowest BCUT2D eigenvalue weighted by atomic mass is 9.93. The van der Waals surface area contributed by atoms with Gasteiger partial charge in [-0.15, -0.1) is 0 Å². The fraction of sp³-hybridized carbons (Fsp3) is 0.375. The van der Waals surface area contributed by atoms with Crippen LogP contribution >= 0.6 is 0 Å². The lowest BCUT2D eigenvalue weighted by Gasteiger charge is -2.22. The van der Waals surface area contributed by atoms with Crippen molar-refractivity contribution in [3.63, 3.8) is 0 Å². The third kappa shape index (κ3) is 1.68. The van der Waals surface area contributed by atoms with Crippen LogP contribution in [0.4, 0.5) is 5.95 Å². The molecule has 2 heterocycles. The Kier molecular flexibility index (Phi) is 2.62. The molecule has 20 heavy (non-hydrogen) atoms. The number of anilines is 1. The molecule has 4 nitrogen and oxygen atoms in total. The van der Waals surface area contributed by atoms with Gasteiger partial charge in [-0.05, 0) is 31.4 Å². The van der Waals surface area contributed by atoms with Gasteiger partial charge in [-0.3, -0.25) is 9.69 Å². The first kappa shape index (κ1) is 11.7. The van der Waals surface area contributed by atoms with Crippen molar-refractivity contribution in [1.29, 1.82) is 0 Å². The second kappa shape index (κ2) is 4.47. The number of carbonyl (C=O) groups excluding carboxylic acids is 1. The number of aromatic nitrogens is 2. The van der Waals surface area contributed by atoms with Crippen LogP contribution in [-0.2, 0) is 11.3 Å². The Labute approximate surface area is 117 Å². The number of hydrogen-bond donors (Lipinski definition) is 0. The number of fused-ring (bicyclic) bond motifs is 3. The fourth-order valence-electron chi connectivity index (χ4n) is 3.24. The van der Waals surface area contributed by atoms with E-state index >= 15 is 0 Å². The van der Waals surface area contributed by atoms with Crippen molar-refractivity contribution in [3.8, 4) is 0 Å². The van der Waals surface area contributed by atoms with Crippen LogP contribution in [0.1, 0.15) is 19.3 Å². The van der Waals surface area contributed by atoms with Crippen molar-refractivity contribution in [2.45, 2.75) is 25.8 Å². The summed E-state index contributed by atoms with van der Waals surface area (Å²) in [7, 11) is 0. The molecular weight excluding hydrogens is 250 g/mol. The highest BCUT2D eigenvalue weighted by Gasteiger charge is 2.32. The van der Waals surface area contributed by atoms with Crippen LogP contribution in [0.3, 0.4) is 0 Å². The van der Waals surface area contributed by atoms with Gasteiger partial charge < -0.3 is 4.57 Å². The maximum atomic E-state index is 12.7. The first-order valence-electron chi connectivity index (χ1n) is 7.26. The average Bonchev–Trinajstić information content (AvgIpc) is 3.06. The monoisotopic (exact) mass is 267 g/mol. The largest absolute Gasteiger partial charge is 0.308 e. The minimum atomic E-state index is 0.131. The van der Waals surface area contributed by atoms with Crippen LogP contribution in [0.15, 0.2) is 36.4 Å². The number of para-hydroxylation sites is 2. The Morgan fingerprint density at radius 2 is 2.10 bits per heavy atom. The first-order chi connectivity index (χ1) is 9.84. The number of nitrogens with zero attached hydrogens (tertiary/aromatic N) is 3. The molecule has 1 aromatic heterocycles. The molecule has 0 fully saturated rings. The van der Waals surface area contributed by atoms with Crippen molar-refractivity contribution in [2.75, 3.05) is 11.4 Å². The summed E-state index contributed by atoms with van der Waals surface area (Å²) in [5.41, 5.74) is 2.10. The number of rotatable bonds is 1. The van der Waals surface area contributed by atoms with E-state index in [1.165, 1.54) is 0 Å². The van der Waals surface area contributed by atoms with Crippen molar-refractivity contribution < 1.29 is 4.79 Å². The molecule has 1 aliphatic heterocycles. The zero-order valence-electron chi connectivity index (χ0n) is 11.3. The fourth-order valence-corrected chi connectivity index (χ4v) is 3.24. The number of amides is 1. The Morgan fingerprint density at radius 1 is 1.20 bits per heavy atom. The van der Waals surface area contributed by atoms with Crippen molar-refractivity contribution in [3.05, 3.63) is 36.4 Å². The number of benzene rings is 1. The van der Waals surface area contributed by atoms with Crippen LogP contribution in [0.2, 0.25) is 0 Å². The van der Waals surface area contributed by atoms with Gasteiger partial charge in [0, 0.05) is 19.0 Å². The molecule has 1 aliphatic carbocycles. The third-order valence-electron chi connectivity index (χ3n) is 4.31. The maximum Gasteiger partial charge on any atom is 0.232 e. The lowest BCUT2D eigenvalue weighted by Crippen LogP contribution is -2.35. The highest BCUT2D eigenvalue weighted by Crippen LogP contribution is 2.30. The van der Waals surface area contributed by atoms with Gasteiger partial charge in [0.15, 0.2) is 0 Å². The molecule has 2 aliphatic rings. The maximum absolute atomic E-state index is 12.7. The third-order valence-corrected chi connectivity index (χ3v) is 4.31. The minimum absolute atomic E-state index is 0.131. The predicted molar refractivity (Wildman–Crippen MR) is 78.6 cm³/mol. The molecule has 102 valence electrons. The lowest BCUT2D eigenvalue weighted by molar-refractivity contribution is -0.122. The quantitative estimate of drug-likeness (QED) is 0.745. The van der Waals surface area contributed by atoms with Gasteiger partial charge in [-0.1, -0.05) is 24.3 Å². The summed E-state index contributed by atoms with van der Waals surface area (Å²) in [6.45, 7) is 1.61. The van der Waals surface area contributed by atoms with Gasteiger partial charge in [0.25, 0.3) is 0 Å². The number of allylic oxidation sites excluding steroid dienone is 2. The molecule has 4 heteroatoms. The van der Waals surface area contributed by atoms with Crippen molar-refractivity contribution in [2.24, 2.45) is 5.92 Å². The van der Waals surface area contributed by atoms with Gasteiger partial charge in [-0.25, -0.2) is 4.98 Å². The van der Waals surface area contributed by atoms with Crippen LogP contribution in [-0.4, -0.2) is 22.0 Å². The molecule has 1 aromatic carbocycles. The van der Waals surface area contributed by atoms with Gasteiger partial charge in [0.1, 0.15) is 0 Å². The summed E-state index contributed by atoms with van der Waals surface area (Å²) in [6, 6.07) is 8.09. The Balaban J connectivity index is 1.70. The highest BCUT2D eigenvalue weighted by molar-refractivity contribution is 5.96. The summed E-state index contributed by atoms with van der Waals surface area (Å²) in [4.78, 5) is 19.2. The second-order valence-corrected chi connectivity index (χ2v) is 5.52. The first-order valence-corrected chi connectivity index (χ1v) is 7.26. The van der Waals surface area contributed by atoms with E-state index in [0.717, 1.165) is 49.3 Å². The molecule has 2 aromatic rings. The van der Waals surface area contributed by atoms with Crippen LogP contribution in [0, 0.1) is 5.92 Å². The summed E-state index contributed by atoms with van der Waals surface area (Å²) in [5.74, 6) is 1.19. The zero-order valence-corrected chi connectivity index (χ0v) is 11.3. The molecule has 0 N–H and O–H groups in total. The molecule has 1 atom stereocenters. The number of carbonyl (C=O) groups is 1. The summed E-state index contributed by atoms with van der Waals surface area (Å²) in [6.07, 6.45) is 7.15. The van der Waals surface area contributed by atoms with E-state index in [9.17, 15) is 4.79 Å². The van der Waals surface area contributed by atoms with E-state index in [0.29, 0.717) is 0 Å². The summed E-state index contributed by atoms with van der Waals surface area (Å²) in [5, 5.41) is 0. The van der Waals surface area contributed by atoms with Gasteiger partial charge >= 0.3 is 0 Å². The van der Waals surface area contributed by atoms with Crippen molar-refractivity contribution in [1.82, 2.24) is 9.55 Å². The number of hydrogen-bond acceptors (Lipinski definition) is 2. The van der Waals surface area contributed by atoms with Gasteiger partial charge in [-0.2, -0.15) is 0 Å². The molecule has 0 saturated heterocycles. The molecular formula is C16H17N3O. The standard InChI is InChI=1S/C16H17N3O/c20-15(12-6-2-1-3-7-12)19-11-10-18-14-9-5-4-8-13(14)17-16(18)19/h1-2,4-5,8-9,12H,3,6-7,10-11H2. The normalized spacial score (nSPS) is 21.4.